The topological polar surface area (TPSA) is 73.9 Å². The summed E-state index contributed by atoms with van der Waals surface area (Å²) in [6.45, 7) is 1.76. The molecule has 6 nitrogen and oxygen atoms in total. The van der Waals surface area contributed by atoms with Crippen LogP contribution in [0.3, 0.4) is 0 Å². The predicted molar refractivity (Wildman–Crippen MR) is 103 cm³/mol. The van der Waals surface area contributed by atoms with Gasteiger partial charge in [-0.15, -0.1) is 0 Å². The predicted octanol–water partition coefficient (Wildman–Crippen LogP) is 4.12. The Balaban J connectivity index is 1.53. The maximum Gasteiger partial charge on any atom is 0.421 e. The number of piperidine rings is 1. The minimum Gasteiger partial charge on any atom is -0.381 e. The average molecular weight is 410 g/mol. The third-order valence-corrected chi connectivity index (χ3v) is 4.83. The van der Waals surface area contributed by atoms with Gasteiger partial charge in [-0.2, -0.15) is 18.2 Å². The molecule has 1 aromatic heterocycles. The molecular formula is C19H22F4N6. The molecule has 2 heterocycles. The SMILES string of the molecule is Fc1cc(Nc2ncc(C(F)(F)F)c(NC3CC3)n2)cc(N[C@@H]2CCCNC2)c1. The van der Waals surface area contributed by atoms with E-state index < -0.39 is 17.6 Å². The van der Waals surface area contributed by atoms with Gasteiger partial charge < -0.3 is 21.3 Å². The van der Waals surface area contributed by atoms with Crippen molar-refractivity contribution >= 4 is 23.1 Å². The molecule has 2 fully saturated rings. The van der Waals surface area contributed by atoms with Crippen molar-refractivity contribution in [1.82, 2.24) is 15.3 Å². The summed E-state index contributed by atoms with van der Waals surface area (Å²) in [7, 11) is 0. The largest absolute Gasteiger partial charge is 0.421 e. The molecule has 1 atom stereocenters. The number of alkyl halides is 3. The Hall–Kier alpha value is -2.62. The lowest BCUT2D eigenvalue weighted by atomic mass is 10.1. The fourth-order valence-electron chi connectivity index (χ4n) is 3.27. The minimum absolute atomic E-state index is 0.00655. The molecule has 10 heteroatoms. The van der Waals surface area contributed by atoms with Crippen molar-refractivity contribution in [1.29, 1.82) is 0 Å². The van der Waals surface area contributed by atoms with Gasteiger partial charge in [0.2, 0.25) is 5.95 Å². The molecule has 1 saturated heterocycles. The van der Waals surface area contributed by atoms with E-state index in [9.17, 15) is 17.6 Å². The molecule has 1 aliphatic heterocycles. The van der Waals surface area contributed by atoms with Crippen molar-refractivity contribution in [3.63, 3.8) is 0 Å². The highest BCUT2D eigenvalue weighted by Gasteiger charge is 2.36. The lowest BCUT2D eigenvalue weighted by Crippen LogP contribution is -2.38. The lowest BCUT2D eigenvalue weighted by molar-refractivity contribution is -0.137. The van der Waals surface area contributed by atoms with Crippen molar-refractivity contribution < 1.29 is 17.6 Å². The van der Waals surface area contributed by atoms with E-state index >= 15 is 0 Å². The second-order valence-electron chi connectivity index (χ2n) is 7.41. The van der Waals surface area contributed by atoms with E-state index in [1.54, 1.807) is 6.07 Å². The lowest BCUT2D eigenvalue weighted by Gasteiger charge is -2.25. The highest BCUT2D eigenvalue weighted by molar-refractivity contribution is 5.63. The standard InChI is InChI=1S/C19H22F4N6/c20-11-6-14(26-13-2-1-5-24-9-13)8-15(7-11)28-18-25-10-16(19(21,22)23)17(29-18)27-12-3-4-12/h6-8,10,12-13,24,26H,1-5,9H2,(H2,25,27,28,29)/t13-/m1/s1. The minimum atomic E-state index is -4.56. The summed E-state index contributed by atoms with van der Waals surface area (Å²) in [6, 6.07) is 4.50. The van der Waals surface area contributed by atoms with Crippen LogP contribution in [0.15, 0.2) is 24.4 Å². The number of aromatic nitrogens is 2. The van der Waals surface area contributed by atoms with Gasteiger partial charge >= 0.3 is 6.18 Å². The Bertz CT molecular complexity index is 862. The first-order chi connectivity index (χ1) is 13.9. The molecule has 2 aliphatic rings. The number of benzene rings is 1. The summed E-state index contributed by atoms with van der Waals surface area (Å²) in [5.41, 5.74) is 0.0270. The van der Waals surface area contributed by atoms with Crippen molar-refractivity contribution in [2.45, 2.75) is 43.9 Å². The van der Waals surface area contributed by atoms with E-state index in [0.29, 0.717) is 11.4 Å². The van der Waals surface area contributed by atoms with Crippen LogP contribution in [0.5, 0.6) is 0 Å². The fourth-order valence-corrected chi connectivity index (χ4v) is 3.27. The second-order valence-corrected chi connectivity index (χ2v) is 7.41. The third-order valence-electron chi connectivity index (χ3n) is 4.83. The summed E-state index contributed by atoms with van der Waals surface area (Å²) in [5, 5.41) is 12.2. The number of anilines is 4. The summed E-state index contributed by atoms with van der Waals surface area (Å²) in [5.74, 6) is -0.762. The molecule has 0 unspecified atom stereocenters. The molecule has 1 saturated carbocycles. The Morgan fingerprint density at radius 2 is 1.79 bits per heavy atom. The number of rotatable bonds is 6. The van der Waals surface area contributed by atoms with Gasteiger partial charge in [-0.3, -0.25) is 0 Å². The number of nitrogens with one attached hydrogen (secondary N) is 4. The zero-order chi connectivity index (χ0) is 20.4. The van der Waals surface area contributed by atoms with Crippen LogP contribution in [-0.2, 0) is 6.18 Å². The second kappa shape index (κ2) is 8.02. The third kappa shape index (κ3) is 5.26. The summed E-state index contributed by atoms with van der Waals surface area (Å²) < 4.78 is 53.7. The van der Waals surface area contributed by atoms with E-state index in [1.807, 2.05) is 0 Å². The number of halogens is 4. The smallest absolute Gasteiger partial charge is 0.381 e. The first-order valence-corrected chi connectivity index (χ1v) is 9.62. The number of nitrogens with zero attached hydrogens (tertiary/aromatic N) is 2. The molecule has 0 radical (unpaired) electrons. The normalized spacial score (nSPS) is 19.7. The van der Waals surface area contributed by atoms with Crippen molar-refractivity contribution in [3.8, 4) is 0 Å². The molecule has 4 N–H and O–H groups in total. The maximum absolute atomic E-state index is 14.1. The first kappa shape index (κ1) is 19.7. The summed E-state index contributed by atoms with van der Waals surface area (Å²) in [4.78, 5) is 7.75. The molecule has 2 aromatic rings. The van der Waals surface area contributed by atoms with Crippen LogP contribution in [0.4, 0.5) is 40.7 Å². The average Bonchev–Trinajstić information content (AvgIpc) is 3.45. The Kier molecular flexibility index (Phi) is 5.44. The van der Waals surface area contributed by atoms with E-state index in [0.717, 1.165) is 45.0 Å². The van der Waals surface area contributed by atoms with Gasteiger partial charge in [-0.05, 0) is 50.4 Å². The molecule has 1 aliphatic carbocycles. The molecule has 4 rings (SSSR count). The van der Waals surface area contributed by atoms with Gasteiger partial charge in [0, 0.05) is 36.2 Å². The van der Waals surface area contributed by atoms with Gasteiger partial charge in [-0.25, -0.2) is 9.37 Å². The van der Waals surface area contributed by atoms with E-state index in [2.05, 4.69) is 31.2 Å². The van der Waals surface area contributed by atoms with Crippen molar-refractivity contribution in [2.24, 2.45) is 0 Å². The number of hydrogen-bond acceptors (Lipinski definition) is 6. The Morgan fingerprint density at radius 3 is 2.48 bits per heavy atom. The van der Waals surface area contributed by atoms with Gasteiger partial charge in [0.05, 0.1) is 0 Å². The van der Waals surface area contributed by atoms with Gasteiger partial charge in [-0.1, -0.05) is 0 Å². The number of hydrogen-bond donors (Lipinski definition) is 4. The summed E-state index contributed by atoms with van der Waals surface area (Å²) >= 11 is 0. The van der Waals surface area contributed by atoms with E-state index in [1.165, 1.54) is 12.1 Å². The first-order valence-electron chi connectivity index (χ1n) is 9.62. The van der Waals surface area contributed by atoms with E-state index in [-0.39, 0.29) is 23.8 Å². The molecule has 156 valence electrons. The van der Waals surface area contributed by atoms with Crippen LogP contribution in [0, 0.1) is 5.82 Å². The van der Waals surface area contributed by atoms with Crippen LogP contribution in [-0.4, -0.2) is 35.1 Å². The molecule has 1 aromatic carbocycles. The molecule has 0 amide bonds. The van der Waals surface area contributed by atoms with Gasteiger partial charge in [0.15, 0.2) is 0 Å². The van der Waals surface area contributed by atoms with Crippen LogP contribution in [0.1, 0.15) is 31.2 Å². The highest BCUT2D eigenvalue weighted by atomic mass is 19.4. The van der Waals surface area contributed by atoms with Crippen molar-refractivity contribution in [2.75, 3.05) is 29.0 Å². The zero-order valence-corrected chi connectivity index (χ0v) is 15.6. The van der Waals surface area contributed by atoms with Gasteiger partial charge in [0.25, 0.3) is 0 Å². The fraction of sp³-hybridized carbons (Fsp3) is 0.474. The Labute approximate surface area is 165 Å². The molecule has 0 spiro atoms. The molecule has 0 bridgehead atoms. The quantitative estimate of drug-likeness (QED) is 0.537. The Morgan fingerprint density at radius 1 is 1.00 bits per heavy atom. The van der Waals surface area contributed by atoms with Crippen molar-refractivity contribution in [3.05, 3.63) is 35.8 Å². The van der Waals surface area contributed by atoms with Gasteiger partial charge in [0.1, 0.15) is 17.2 Å². The monoisotopic (exact) mass is 410 g/mol. The molecule has 29 heavy (non-hydrogen) atoms. The van der Waals surface area contributed by atoms with Crippen LogP contribution < -0.4 is 21.3 Å². The maximum atomic E-state index is 14.1. The van der Waals surface area contributed by atoms with Crippen LogP contribution in [0.25, 0.3) is 0 Å². The zero-order valence-electron chi connectivity index (χ0n) is 15.6. The van der Waals surface area contributed by atoms with E-state index in [4.69, 9.17) is 0 Å². The van der Waals surface area contributed by atoms with Crippen LogP contribution in [0.2, 0.25) is 0 Å². The molecular weight excluding hydrogens is 388 g/mol. The summed E-state index contributed by atoms with van der Waals surface area (Å²) in [6.07, 6.45) is -0.192. The van der Waals surface area contributed by atoms with Crippen LogP contribution >= 0.6 is 0 Å². The highest BCUT2D eigenvalue weighted by Crippen LogP contribution is 2.36.